The second-order valence-corrected chi connectivity index (χ2v) is 8.84. The Morgan fingerprint density at radius 1 is 1.43 bits per heavy atom. The van der Waals surface area contributed by atoms with E-state index < -0.39 is 6.67 Å². The number of hydrogen-bond acceptors (Lipinski definition) is 4. The van der Waals surface area contributed by atoms with E-state index >= 15 is 0 Å². The molecule has 3 rings (SSSR count). The summed E-state index contributed by atoms with van der Waals surface area (Å²) in [5, 5.41) is 7.13. The van der Waals surface area contributed by atoms with Crippen LogP contribution in [0, 0.1) is 0 Å². The molecule has 0 saturated heterocycles. The predicted molar refractivity (Wildman–Crippen MR) is 114 cm³/mol. The number of rotatable bonds is 7. The minimum absolute atomic E-state index is 0.242. The van der Waals surface area contributed by atoms with Crippen LogP contribution in [0.2, 0.25) is 4.34 Å². The third kappa shape index (κ3) is 4.63. The van der Waals surface area contributed by atoms with Gasteiger partial charge in [-0.15, -0.1) is 11.3 Å². The van der Waals surface area contributed by atoms with Gasteiger partial charge in [0.05, 0.1) is 21.2 Å². The maximum Gasteiger partial charge on any atom is 0.261 e. The lowest BCUT2D eigenvalue weighted by molar-refractivity contribution is 0.0942. The first kappa shape index (κ1) is 21.0. The summed E-state index contributed by atoms with van der Waals surface area (Å²) < 4.78 is 15.9. The average Bonchev–Trinajstić information content (AvgIpc) is 3.22. The van der Waals surface area contributed by atoms with Gasteiger partial charge in [-0.3, -0.25) is 9.48 Å². The fourth-order valence-electron chi connectivity index (χ4n) is 2.93. The van der Waals surface area contributed by atoms with Gasteiger partial charge in [0, 0.05) is 25.2 Å². The molecule has 148 valence electrons. The number of hydrogen-bond donors (Lipinski definition) is 2. The maximum atomic E-state index is 12.9. The Kier molecular flexibility index (Phi) is 6.87. The summed E-state index contributed by atoms with van der Waals surface area (Å²) >= 11 is 11.0. The number of carbonyl (C=O) groups excluding carboxylic acids is 1. The Balaban J connectivity index is 1.75. The van der Waals surface area contributed by atoms with E-state index in [4.69, 9.17) is 17.3 Å². The van der Waals surface area contributed by atoms with Gasteiger partial charge in [-0.1, -0.05) is 35.9 Å². The molecule has 1 aromatic carbocycles. The summed E-state index contributed by atoms with van der Waals surface area (Å²) in [6.45, 7) is -0.252. The molecule has 0 unspecified atom stereocenters. The summed E-state index contributed by atoms with van der Waals surface area (Å²) in [7, 11) is 1.81. The van der Waals surface area contributed by atoms with E-state index in [0.717, 1.165) is 21.3 Å². The Morgan fingerprint density at radius 2 is 2.18 bits per heavy atom. The van der Waals surface area contributed by atoms with Gasteiger partial charge in [-0.2, -0.15) is 5.10 Å². The van der Waals surface area contributed by atoms with E-state index in [2.05, 4.69) is 26.3 Å². The fourth-order valence-corrected chi connectivity index (χ4v) is 4.67. The van der Waals surface area contributed by atoms with Crippen molar-refractivity contribution in [1.29, 1.82) is 0 Å². The van der Waals surface area contributed by atoms with E-state index in [-0.39, 0.29) is 18.5 Å². The number of aromatic nitrogens is 2. The van der Waals surface area contributed by atoms with E-state index in [1.807, 2.05) is 13.1 Å². The molecule has 0 aliphatic heterocycles. The molecule has 28 heavy (non-hydrogen) atoms. The summed E-state index contributed by atoms with van der Waals surface area (Å²) in [5.74, 6) is -0.242. The van der Waals surface area contributed by atoms with Gasteiger partial charge >= 0.3 is 0 Å². The van der Waals surface area contributed by atoms with Crippen molar-refractivity contribution in [3.63, 3.8) is 0 Å². The number of nitrogens with zero attached hydrogens (tertiary/aromatic N) is 2. The van der Waals surface area contributed by atoms with E-state index in [1.165, 1.54) is 11.3 Å². The lowest BCUT2D eigenvalue weighted by atomic mass is 10.0. The molecular formula is C19H19BrClFN4OS. The zero-order valence-electron chi connectivity index (χ0n) is 15.1. The molecule has 9 heteroatoms. The molecule has 1 amide bonds. The van der Waals surface area contributed by atoms with Crippen molar-refractivity contribution in [2.45, 2.75) is 19.1 Å². The largest absolute Gasteiger partial charge is 0.347 e. The minimum atomic E-state index is -0.520. The third-order valence-corrected chi connectivity index (χ3v) is 6.24. The van der Waals surface area contributed by atoms with Gasteiger partial charge < -0.3 is 11.1 Å². The molecule has 3 aromatic rings. The third-order valence-electron chi connectivity index (χ3n) is 4.31. The van der Waals surface area contributed by atoms with Crippen LogP contribution in [-0.4, -0.2) is 28.3 Å². The number of amides is 1. The molecule has 2 heterocycles. The van der Waals surface area contributed by atoms with E-state index in [9.17, 15) is 9.18 Å². The van der Waals surface area contributed by atoms with Crippen LogP contribution in [0.5, 0.6) is 0 Å². The second kappa shape index (κ2) is 9.17. The first-order valence-corrected chi connectivity index (χ1v) is 10.5. The van der Waals surface area contributed by atoms with Crippen LogP contribution >= 0.6 is 38.9 Å². The van der Waals surface area contributed by atoms with E-state index in [1.54, 1.807) is 35.1 Å². The highest BCUT2D eigenvalue weighted by Crippen LogP contribution is 2.38. The monoisotopic (exact) mass is 484 g/mol. The van der Waals surface area contributed by atoms with Crippen LogP contribution in [0.15, 0.2) is 41.0 Å². The fraction of sp³-hybridized carbons (Fsp3) is 0.263. The highest BCUT2D eigenvalue weighted by molar-refractivity contribution is 9.10. The van der Waals surface area contributed by atoms with Gasteiger partial charge in [0.1, 0.15) is 11.0 Å². The van der Waals surface area contributed by atoms with Crippen LogP contribution in [-0.2, 0) is 20.1 Å². The molecule has 2 aromatic heterocycles. The molecule has 0 spiro atoms. The van der Waals surface area contributed by atoms with Gasteiger partial charge in [-0.05, 0) is 39.5 Å². The van der Waals surface area contributed by atoms with Crippen molar-refractivity contribution in [2.75, 3.05) is 6.54 Å². The van der Waals surface area contributed by atoms with Crippen molar-refractivity contribution in [3.05, 3.63) is 61.3 Å². The van der Waals surface area contributed by atoms with Crippen molar-refractivity contribution in [1.82, 2.24) is 15.1 Å². The average molecular weight is 486 g/mol. The van der Waals surface area contributed by atoms with Crippen molar-refractivity contribution in [2.24, 2.45) is 12.8 Å². The Hall–Kier alpha value is -1.74. The number of halogens is 3. The van der Waals surface area contributed by atoms with Crippen LogP contribution in [0.4, 0.5) is 4.39 Å². The normalized spacial score (nSPS) is 12.2. The Bertz CT molecular complexity index is 971. The van der Waals surface area contributed by atoms with E-state index in [0.29, 0.717) is 21.2 Å². The number of carbonyl (C=O) groups is 1. The van der Waals surface area contributed by atoms with Gasteiger partial charge in [-0.25, -0.2) is 4.39 Å². The number of thiophene rings is 1. The lowest BCUT2D eigenvalue weighted by Gasteiger charge is -2.16. The molecule has 1 atom stereocenters. The quantitative estimate of drug-likeness (QED) is 0.523. The van der Waals surface area contributed by atoms with Crippen LogP contribution in [0.3, 0.4) is 0 Å². The molecule has 3 N–H and O–H groups in total. The molecule has 0 fully saturated rings. The summed E-state index contributed by atoms with van der Waals surface area (Å²) in [5.41, 5.74) is 8.92. The summed E-state index contributed by atoms with van der Waals surface area (Å²) in [6, 6.07) is 8.70. The smallest absolute Gasteiger partial charge is 0.261 e. The Morgan fingerprint density at radius 3 is 2.82 bits per heavy atom. The zero-order chi connectivity index (χ0) is 20.3. The number of nitrogens with two attached hydrogens (primary N) is 1. The molecule has 0 aliphatic carbocycles. The maximum absolute atomic E-state index is 12.9. The standard InChI is InChI=1S/C19H19BrClFN4OS/c1-26-17(15(20)10-24-26)14-7-16(28-18(14)21)19(27)25-13(9-23)6-11-3-2-4-12(5-11)8-22/h2-5,7,10,13H,6,8-9,23H2,1H3,(H,25,27)/t13-/m0/s1. The van der Waals surface area contributed by atoms with Crippen LogP contribution in [0.1, 0.15) is 20.8 Å². The minimum Gasteiger partial charge on any atom is -0.347 e. The first-order chi connectivity index (χ1) is 13.4. The summed E-state index contributed by atoms with van der Waals surface area (Å²) in [6.07, 6.45) is 2.20. The van der Waals surface area contributed by atoms with Crippen LogP contribution in [0.25, 0.3) is 11.3 Å². The molecular weight excluding hydrogens is 467 g/mol. The second-order valence-electron chi connectivity index (χ2n) is 6.33. The zero-order valence-corrected chi connectivity index (χ0v) is 18.2. The van der Waals surface area contributed by atoms with Crippen molar-refractivity contribution < 1.29 is 9.18 Å². The molecule has 0 aliphatic rings. The lowest BCUT2D eigenvalue weighted by Crippen LogP contribution is -2.41. The molecule has 0 bridgehead atoms. The molecule has 0 saturated carbocycles. The highest BCUT2D eigenvalue weighted by Gasteiger charge is 2.21. The Labute approximate surface area is 179 Å². The van der Waals surface area contributed by atoms with Gasteiger partial charge in [0.2, 0.25) is 0 Å². The predicted octanol–water partition coefficient (Wildman–Crippen LogP) is 4.33. The summed E-state index contributed by atoms with van der Waals surface area (Å²) in [4.78, 5) is 13.2. The highest BCUT2D eigenvalue weighted by atomic mass is 79.9. The SMILES string of the molecule is Cn1ncc(Br)c1-c1cc(C(=O)N[C@H](CN)Cc2cccc(CF)c2)sc1Cl. The van der Waals surface area contributed by atoms with Crippen molar-refractivity contribution in [3.8, 4) is 11.3 Å². The molecule has 5 nitrogen and oxygen atoms in total. The number of benzene rings is 1. The van der Waals surface area contributed by atoms with Gasteiger partial charge in [0.25, 0.3) is 5.91 Å². The number of alkyl halides is 1. The van der Waals surface area contributed by atoms with Gasteiger partial charge in [0.15, 0.2) is 0 Å². The van der Waals surface area contributed by atoms with Crippen molar-refractivity contribution >= 4 is 44.8 Å². The number of nitrogens with one attached hydrogen (secondary N) is 1. The first-order valence-electron chi connectivity index (χ1n) is 8.54. The topological polar surface area (TPSA) is 72.9 Å². The number of aryl methyl sites for hydroxylation is 1. The molecule has 0 radical (unpaired) electrons. The van der Waals surface area contributed by atoms with Crippen LogP contribution < -0.4 is 11.1 Å².